The zero-order chi connectivity index (χ0) is 19.3. The Balaban J connectivity index is 2.55. The number of hydrogen-bond acceptors (Lipinski definition) is 4. The van der Waals surface area contributed by atoms with E-state index in [1.807, 2.05) is 42.5 Å². The van der Waals surface area contributed by atoms with E-state index in [4.69, 9.17) is 11.5 Å². The van der Waals surface area contributed by atoms with E-state index in [2.05, 4.69) is 37.6 Å². The van der Waals surface area contributed by atoms with Crippen molar-refractivity contribution in [3.8, 4) is 0 Å². The molecule has 0 bridgehead atoms. The number of rotatable bonds is 8. The van der Waals surface area contributed by atoms with E-state index >= 15 is 0 Å². The summed E-state index contributed by atoms with van der Waals surface area (Å²) in [7, 11) is 0. The highest BCUT2D eigenvalue weighted by Crippen LogP contribution is 2.36. The molecule has 0 aliphatic heterocycles. The van der Waals surface area contributed by atoms with Gasteiger partial charge in [-0.05, 0) is 63.9 Å². The molecule has 4 N–H and O–H groups in total. The van der Waals surface area contributed by atoms with Gasteiger partial charge in [-0.1, -0.05) is 18.2 Å². The van der Waals surface area contributed by atoms with E-state index in [0.717, 1.165) is 12.1 Å². The van der Waals surface area contributed by atoms with Gasteiger partial charge in [0.2, 0.25) is 5.91 Å². The minimum absolute atomic E-state index is 0.366. The van der Waals surface area contributed by atoms with Crippen LogP contribution in [0.5, 0.6) is 0 Å². The number of carbonyl (C=O) groups is 1. The molecule has 0 saturated heterocycles. The topological polar surface area (TPSA) is 85.2 Å². The summed E-state index contributed by atoms with van der Waals surface area (Å²) < 4.78 is 0. The molecule has 1 aromatic carbocycles. The molecule has 26 heavy (non-hydrogen) atoms. The first-order chi connectivity index (χ1) is 12.3. The number of anilines is 1. The first kappa shape index (κ1) is 19.9. The zero-order valence-electron chi connectivity index (χ0n) is 16.1. The van der Waals surface area contributed by atoms with Crippen molar-refractivity contribution in [1.82, 2.24) is 9.88 Å². The lowest BCUT2D eigenvalue weighted by molar-refractivity contribution is -0.122. The molecule has 0 radical (unpaired) electrons. The van der Waals surface area contributed by atoms with Gasteiger partial charge in [0.1, 0.15) is 5.41 Å². The van der Waals surface area contributed by atoms with Gasteiger partial charge in [-0.2, -0.15) is 0 Å². The number of benzene rings is 1. The smallest absolute Gasteiger partial charge is 0.234 e. The van der Waals surface area contributed by atoms with Gasteiger partial charge in [-0.15, -0.1) is 0 Å². The fourth-order valence-electron chi connectivity index (χ4n) is 3.64. The highest BCUT2D eigenvalue weighted by atomic mass is 16.1. The number of nitrogens with two attached hydrogens (primary N) is 2. The quantitative estimate of drug-likeness (QED) is 0.714. The third-order valence-corrected chi connectivity index (χ3v) is 4.97. The highest BCUT2D eigenvalue weighted by molar-refractivity contribution is 5.90. The van der Waals surface area contributed by atoms with Crippen LogP contribution in [0.4, 0.5) is 5.69 Å². The molecular formula is C21H30N4O. The summed E-state index contributed by atoms with van der Waals surface area (Å²) in [6.45, 7) is 9.37. The van der Waals surface area contributed by atoms with Crippen LogP contribution in [0.15, 0.2) is 48.7 Å². The van der Waals surface area contributed by atoms with Crippen LogP contribution in [-0.4, -0.2) is 34.4 Å². The summed E-state index contributed by atoms with van der Waals surface area (Å²) in [5, 5.41) is 0. The van der Waals surface area contributed by atoms with Gasteiger partial charge in [0.05, 0.1) is 5.69 Å². The van der Waals surface area contributed by atoms with Crippen LogP contribution in [0.2, 0.25) is 0 Å². The number of nitrogens with zero attached hydrogens (tertiary/aromatic N) is 2. The SMILES string of the molecule is CC(C)N(CCC(C(N)=O)(c1cccc(N)c1)c1ccccn1)C(C)C. The number of nitrogen functional groups attached to an aromatic ring is 1. The second-order valence-electron chi connectivity index (χ2n) is 7.29. The molecule has 2 rings (SSSR count). The van der Waals surface area contributed by atoms with Crippen LogP contribution in [-0.2, 0) is 10.2 Å². The maximum absolute atomic E-state index is 12.8. The molecule has 1 atom stereocenters. The summed E-state index contributed by atoms with van der Waals surface area (Å²) in [4.78, 5) is 19.6. The predicted octanol–water partition coefficient (Wildman–Crippen LogP) is 2.94. The van der Waals surface area contributed by atoms with E-state index in [-0.39, 0.29) is 0 Å². The minimum Gasteiger partial charge on any atom is -0.399 e. The molecule has 1 amide bonds. The Morgan fingerprint density at radius 1 is 1.12 bits per heavy atom. The summed E-state index contributed by atoms with van der Waals surface area (Å²) in [5.74, 6) is -0.408. The van der Waals surface area contributed by atoms with Crippen molar-refractivity contribution in [2.45, 2.75) is 51.6 Å². The maximum atomic E-state index is 12.8. The van der Waals surface area contributed by atoms with Crippen molar-refractivity contribution in [2.24, 2.45) is 5.73 Å². The van der Waals surface area contributed by atoms with Crippen molar-refractivity contribution in [3.63, 3.8) is 0 Å². The zero-order valence-corrected chi connectivity index (χ0v) is 16.1. The van der Waals surface area contributed by atoms with Gasteiger partial charge >= 0.3 is 0 Å². The van der Waals surface area contributed by atoms with Crippen molar-refractivity contribution < 1.29 is 4.79 Å². The van der Waals surface area contributed by atoms with Crippen LogP contribution in [0.1, 0.15) is 45.4 Å². The molecule has 0 fully saturated rings. The minimum atomic E-state index is -1.02. The van der Waals surface area contributed by atoms with Crippen molar-refractivity contribution >= 4 is 11.6 Å². The van der Waals surface area contributed by atoms with Gasteiger partial charge in [0.15, 0.2) is 0 Å². The fourth-order valence-corrected chi connectivity index (χ4v) is 3.64. The molecule has 1 aromatic heterocycles. The van der Waals surface area contributed by atoms with E-state index in [1.165, 1.54) is 0 Å². The Hall–Kier alpha value is -2.40. The van der Waals surface area contributed by atoms with E-state index < -0.39 is 11.3 Å². The second-order valence-corrected chi connectivity index (χ2v) is 7.29. The summed E-state index contributed by atoms with van der Waals surface area (Å²) in [5.41, 5.74) is 13.0. The van der Waals surface area contributed by atoms with Crippen molar-refractivity contribution in [2.75, 3.05) is 12.3 Å². The van der Waals surface area contributed by atoms with Gasteiger partial charge < -0.3 is 11.5 Å². The number of carbonyl (C=O) groups excluding carboxylic acids is 1. The molecule has 2 aromatic rings. The first-order valence-electron chi connectivity index (χ1n) is 9.12. The lowest BCUT2D eigenvalue weighted by Crippen LogP contribution is -2.47. The van der Waals surface area contributed by atoms with Crippen LogP contribution in [0, 0.1) is 0 Å². The average Bonchev–Trinajstić information content (AvgIpc) is 2.58. The lowest BCUT2D eigenvalue weighted by Gasteiger charge is -2.36. The average molecular weight is 354 g/mol. The summed E-state index contributed by atoms with van der Waals surface area (Å²) >= 11 is 0. The van der Waals surface area contributed by atoms with Crippen molar-refractivity contribution in [1.29, 1.82) is 0 Å². The Labute approximate surface area is 156 Å². The van der Waals surface area contributed by atoms with Gasteiger partial charge in [-0.3, -0.25) is 14.7 Å². The summed E-state index contributed by atoms with van der Waals surface area (Å²) in [6, 6.07) is 13.7. The molecule has 5 heteroatoms. The standard InChI is InChI=1S/C21H30N4O/c1-15(2)25(16(3)4)13-11-21(20(23)26,19-10-5-6-12-24-19)17-8-7-9-18(22)14-17/h5-10,12,14-16H,11,13,22H2,1-4H3,(H2,23,26). The van der Waals surface area contributed by atoms with E-state index in [1.54, 1.807) is 6.20 Å². The Kier molecular flexibility index (Phi) is 6.37. The Bertz CT molecular complexity index is 722. The Morgan fingerprint density at radius 2 is 1.81 bits per heavy atom. The molecule has 0 saturated carbocycles. The molecule has 1 unspecified atom stereocenters. The monoisotopic (exact) mass is 354 g/mol. The normalized spacial score (nSPS) is 14.0. The number of hydrogen-bond donors (Lipinski definition) is 2. The fraction of sp³-hybridized carbons (Fsp3) is 0.429. The number of aromatic nitrogens is 1. The molecule has 140 valence electrons. The molecular weight excluding hydrogens is 324 g/mol. The molecule has 5 nitrogen and oxygen atoms in total. The largest absolute Gasteiger partial charge is 0.399 e. The maximum Gasteiger partial charge on any atom is 0.234 e. The predicted molar refractivity (Wildman–Crippen MR) is 107 cm³/mol. The first-order valence-corrected chi connectivity index (χ1v) is 9.12. The van der Waals surface area contributed by atoms with Crippen molar-refractivity contribution in [3.05, 3.63) is 59.9 Å². The number of amides is 1. The van der Waals surface area contributed by atoms with Crippen LogP contribution >= 0.6 is 0 Å². The Morgan fingerprint density at radius 3 is 2.31 bits per heavy atom. The highest BCUT2D eigenvalue weighted by Gasteiger charge is 2.42. The third kappa shape index (κ3) is 4.05. The molecule has 0 aliphatic rings. The molecule has 0 aliphatic carbocycles. The van der Waals surface area contributed by atoms with Gasteiger partial charge in [0.25, 0.3) is 0 Å². The molecule has 1 heterocycles. The van der Waals surface area contributed by atoms with Crippen LogP contribution in [0.3, 0.4) is 0 Å². The number of primary amides is 1. The van der Waals surface area contributed by atoms with E-state index in [0.29, 0.717) is 29.9 Å². The van der Waals surface area contributed by atoms with Gasteiger partial charge in [0, 0.05) is 30.5 Å². The summed E-state index contributed by atoms with van der Waals surface area (Å²) in [6.07, 6.45) is 2.24. The van der Waals surface area contributed by atoms with Crippen LogP contribution < -0.4 is 11.5 Å². The third-order valence-electron chi connectivity index (χ3n) is 4.97. The second kappa shape index (κ2) is 8.32. The van der Waals surface area contributed by atoms with Gasteiger partial charge in [-0.25, -0.2) is 0 Å². The molecule has 0 spiro atoms. The lowest BCUT2D eigenvalue weighted by atomic mass is 9.73. The number of pyridine rings is 1. The van der Waals surface area contributed by atoms with Crippen LogP contribution in [0.25, 0.3) is 0 Å². The van der Waals surface area contributed by atoms with E-state index in [9.17, 15) is 4.79 Å².